The lowest BCUT2D eigenvalue weighted by Gasteiger charge is -2.21. The van der Waals surface area contributed by atoms with Crippen molar-refractivity contribution in [1.82, 2.24) is 20.3 Å². The second-order valence-electron chi connectivity index (χ2n) is 21.2. The van der Waals surface area contributed by atoms with Gasteiger partial charge in [-0.15, -0.1) is 5.10 Å². The Morgan fingerprint density at radius 3 is 1.45 bits per heavy atom. The number of nitrogens with one attached hydrogen (secondary N) is 2. The van der Waals surface area contributed by atoms with Gasteiger partial charge < -0.3 is 40.2 Å². The molecule has 1 fully saturated rings. The largest absolute Gasteiger partial charge is 0.462 e. The van der Waals surface area contributed by atoms with Gasteiger partial charge in [0.15, 0.2) is 12.0 Å². The molecule has 1 aromatic heterocycles. The molecule has 1 saturated heterocycles. The third-order valence-corrected chi connectivity index (χ3v) is 15.4. The van der Waals surface area contributed by atoms with E-state index in [1.807, 2.05) is 0 Å². The topological polar surface area (TPSA) is 211 Å². The van der Waals surface area contributed by atoms with Crippen LogP contribution in [-0.2, 0) is 33.4 Å². The molecule has 2 amide bonds. The molecule has 0 bridgehead atoms. The normalized spacial score (nSPS) is 17.3. The van der Waals surface area contributed by atoms with Gasteiger partial charge in [-0.05, 0) is 19.3 Å². The molecule has 1 aromatic rings. The molecule has 0 aromatic carbocycles. The van der Waals surface area contributed by atoms with Crippen molar-refractivity contribution in [2.75, 3.05) is 30.0 Å². The van der Waals surface area contributed by atoms with Crippen molar-refractivity contribution in [3.05, 3.63) is 6.20 Å². The summed E-state index contributed by atoms with van der Waals surface area (Å²) in [5.74, 6) is -1.09. The van der Waals surface area contributed by atoms with Crippen molar-refractivity contribution in [2.24, 2.45) is 0 Å². The molecular formula is C58H107N5O10S. The van der Waals surface area contributed by atoms with Gasteiger partial charge in [-0.1, -0.05) is 238 Å². The fourth-order valence-electron chi connectivity index (χ4n) is 9.50. The standard InChI is InChI=1S/C58H107N5O10S/c1-4-7-10-13-16-19-22-25-28-31-34-37-40-52(65)59-49(57(70)60-51-43-63(62-61-51)58-56(69)55(68)50(44-64)73-58)47-74-46-48(72-54(67)42-39-36-33-30-27-24-21-18-15-12-9-6-3)45-71-53(66)41-38-35-32-29-26-23-20-17-14-11-8-5-2/h43,48-50,55-56,58,64,68-69H,4-42,44-47H2,1-3H3,(H,59,65)(H,60,70)/t48-,49-,50?,55-,56+,58+/m1/s1. The lowest BCUT2D eigenvalue weighted by molar-refractivity contribution is -0.157. The van der Waals surface area contributed by atoms with Gasteiger partial charge in [0.2, 0.25) is 11.8 Å². The Morgan fingerprint density at radius 2 is 1.01 bits per heavy atom. The highest BCUT2D eigenvalue weighted by molar-refractivity contribution is 7.99. The number of anilines is 1. The molecule has 0 aliphatic carbocycles. The molecule has 5 N–H and O–H groups in total. The van der Waals surface area contributed by atoms with Gasteiger partial charge in [-0.25, -0.2) is 4.68 Å². The van der Waals surface area contributed by atoms with Crippen LogP contribution < -0.4 is 10.6 Å². The highest BCUT2D eigenvalue weighted by Gasteiger charge is 2.44. The number of hydrogen-bond acceptors (Lipinski definition) is 13. The van der Waals surface area contributed by atoms with E-state index in [1.165, 1.54) is 178 Å². The van der Waals surface area contributed by atoms with E-state index in [-0.39, 0.29) is 54.6 Å². The van der Waals surface area contributed by atoms with Crippen LogP contribution in [0.1, 0.15) is 277 Å². The summed E-state index contributed by atoms with van der Waals surface area (Å²) >= 11 is 1.31. The van der Waals surface area contributed by atoms with Crippen molar-refractivity contribution in [1.29, 1.82) is 0 Å². The van der Waals surface area contributed by atoms with E-state index >= 15 is 0 Å². The number of aromatic nitrogens is 3. The molecule has 1 unspecified atom stereocenters. The number of unbranched alkanes of at least 4 members (excludes halogenated alkanes) is 33. The Morgan fingerprint density at radius 1 is 0.595 bits per heavy atom. The molecule has 16 heteroatoms. The second kappa shape index (κ2) is 46.3. The van der Waals surface area contributed by atoms with Crippen molar-refractivity contribution in [2.45, 2.75) is 308 Å². The Labute approximate surface area is 452 Å². The number of nitrogens with zero attached hydrogens (tertiary/aromatic N) is 3. The molecule has 430 valence electrons. The van der Waals surface area contributed by atoms with Crippen LogP contribution in [-0.4, -0.2) is 109 Å². The molecule has 1 aliphatic heterocycles. The number of aliphatic hydroxyl groups excluding tert-OH is 3. The monoisotopic (exact) mass is 1070 g/mol. The quantitative estimate of drug-likeness (QED) is 0.0304. The van der Waals surface area contributed by atoms with Gasteiger partial charge in [-0.2, -0.15) is 11.8 Å². The summed E-state index contributed by atoms with van der Waals surface area (Å²) in [6.45, 7) is 6.12. The summed E-state index contributed by atoms with van der Waals surface area (Å²) in [5.41, 5.74) is 0. The van der Waals surface area contributed by atoms with Gasteiger partial charge in [0.25, 0.3) is 0 Å². The van der Waals surface area contributed by atoms with Gasteiger partial charge in [0.05, 0.1) is 12.8 Å². The van der Waals surface area contributed by atoms with Crippen LogP contribution in [0.2, 0.25) is 0 Å². The summed E-state index contributed by atoms with van der Waals surface area (Å²) in [6.07, 6.45) is 39.3. The molecule has 74 heavy (non-hydrogen) atoms. The fraction of sp³-hybridized carbons (Fsp3) is 0.897. The van der Waals surface area contributed by atoms with E-state index in [0.29, 0.717) is 12.8 Å². The number of hydrogen-bond donors (Lipinski definition) is 5. The molecule has 15 nitrogen and oxygen atoms in total. The average molecular weight is 1070 g/mol. The maximum Gasteiger partial charge on any atom is 0.306 e. The zero-order valence-corrected chi connectivity index (χ0v) is 47.7. The van der Waals surface area contributed by atoms with Crippen molar-refractivity contribution < 1.29 is 48.7 Å². The van der Waals surface area contributed by atoms with Crippen LogP contribution >= 0.6 is 11.8 Å². The van der Waals surface area contributed by atoms with Gasteiger partial charge in [0.1, 0.15) is 37.1 Å². The van der Waals surface area contributed by atoms with E-state index in [9.17, 15) is 34.5 Å². The van der Waals surface area contributed by atoms with Gasteiger partial charge in [-0.3, -0.25) is 19.2 Å². The molecule has 2 heterocycles. The molecule has 1 aliphatic rings. The highest BCUT2D eigenvalue weighted by Crippen LogP contribution is 2.29. The molecular weight excluding hydrogens is 959 g/mol. The predicted octanol–water partition coefficient (Wildman–Crippen LogP) is 12.8. The first kappa shape index (κ1) is 67.3. The second-order valence-corrected chi connectivity index (χ2v) is 22.2. The van der Waals surface area contributed by atoms with Gasteiger partial charge in [0, 0.05) is 30.8 Å². The zero-order chi connectivity index (χ0) is 53.7. The van der Waals surface area contributed by atoms with E-state index in [1.54, 1.807) is 0 Å². The minimum atomic E-state index is -1.39. The smallest absolute Gasteiger partial charge is 0.306 e. The van der Waals surface area contributed by atoms with Crippen molar-refractivity contribution in [3.63, 3.8) is 0 Å². The number of esters is 2. The maximum absolute atomic E-state index is 13.9. The summed E-state index contributed by atoms with van der Waals surface area (Å²) in [6, 6.07) is -1.00. The van der Waals surface area contributed by atoms with E-state index < -0.39 is 49.2 Å². The zero-order valence-electron chi connectivity index (χ0n) is 46.9. The average Bonchev–Trinajstić information content (AvgIpc) is 3.97. The predicted molar refractivity (Wildman–Crippen MR) is 299 cm³/mol. The van der Waals surface area contributed by atoms with E-state index in [2.05, 4.69) is 41.7 Å². The molecule has 2 rings (SSSR count). The lowest BCUT2D eigenvalue weighted by Crippen LogP contribution is -2.45. The highest BCUT2D eigenvalue weighted by atomic mass is 32.2. The van der Waals surface area contributed by atoms with E-state index in [0.717, 1.165) is 68.9 Å². The Kier molecular flexibility index (Phi) is 42.1. The number of rotatable bonds is 51. The summed E-state index contributed by atoms with van der Waals surface area (Å²) < 4.78 is 18.3. The van der Waals surface area contributed by atoms with Crippen LogP contribution in [0.4, 0.5) is 5.82 Å². The summed E-state index contributed by atoms with van der Waals surface area (Å²) in [7, 11) is 0. The molecule has 0 saturated carbocycles. The number of amides is 2. The van der Waals surface area contributed by atoms with Crippen molar-refractivity contribution >= 4 is 41.3 Å². The van der Waals surface area contributed by atoms with Crippen LogP contribution in [0.25, 0.3) is 0 Å². The van der Waals surface area contributed by atoms with Crippen molar-refractivity contribution in [3.8, 4) is 0 Å². The third-order valence-electron chi connectivity index (χ3n) is 14.2. The lowest BCUT2D eigenvalue weighted by atomic mass is 10.0. The summed E-state index contributed by atoms with van der Waals surface area (Å²) in [5, 5.41) is 43.9. The SMILES string of the molecule is CCCCCCCCCCCCCCC(=O)N[C@H](CSC[C@@H](COC(=O)CCCCCCCCCCCCCC)OC(=O)CCCCCCCCCCCCCC)C(=O)Nc1cn([C@H]2OC(CO)[C@@H](O)[C@@H]2O)nn1. The minimum absolute atomic E-state index is 0.0302. The first-order valence-corrected chi connectivity index (χ1v) is 31.4. The first-order valence-electron chi connectivity index (χ1n) is 30.2. The summed E-state index contributed by atoms with van der Waals surface area (Å²) in [4.78, 5) is 53.3. The number of aliphatic hydroxyl groups is 3. The molecule has 6 atom stereocenters. The number of ether oxygens (including phenoxy) is 3. The number of carbonyl (C=O) groups excluding carboxylic acids is 4. The Hall–Kier alpha value is -2.79. The van der Waals surface area contributed by atoms with Crippen LogP contribution in [0, 0.1) is 0 Å². The number of thioether (sulfide) groups is 1. The molecule has 0 spiro atoms. The third kappa shape index (κ3) is 34.1. The van der Waals surface area contributed by atoms with E-state index in [4.69, 9.17) is 14.2 Å². The van der Waals surface area contributed by atoms with Crippen LogP contribution in [0.15, 0.2) is 6.20 Å². The minimum Gasteiger partial charge on any atom is -0.462 e. The maximum atomic E-state index is 13.9. The number of carbonyl (C=O) groups is 4. The Balaban J connectivity index is 1.98. The Bertz CT molecular complexity index is 1540. The molecule has 0 radical (unpaired) electrons. The van der Waals surface area contributed by atoms with Crippen LogP contribution in [0.5, 0.6) is 0 Å². The van der Waals surface area contributed by atoms with Gasteiger partial charge >= 0.3 is 11.9 Å². The van der Waals surface area contributed by atoms with Crippen LogP contribution in [0.3, 0.4) is 0 Å². The first-order chi connectivity index (χ1) is 36.1. The fourth-order valence-corrected chi connectivity index (χ4v) is 10.5.